The van der Waals surface area contributed by atoms with Crippen LogP contribution in [0.5, 0.6) is 0 Å². The number of hydrogen-bond donors (Lipinski definition) is 2. The molecule has 1 aliphatic heterocycles. The highest BCUT2D eigenvalue weighted by atomic mass is 35.5. The van der Waals surface area contributed by atoms with Crippen LogP contribution in [-0.2, 0) is 17.5 Å². The molecular weight excluding hydrogens is 481 g/mol. The molecular formula is C25H28ClF3N4O2. The average Bonchev–Trinajstić information content (AvgIpc) is 2.80. The molecule has 3 rings (SSSR count). The van der Waals surface area contributed by atoms with Crippen molar-refractivity contribution in [2.75, 3.05) is 0 Å². The third kappa shape index (κ3) is 5.96. The number of halogens is 4. The van der Waals surface area contributed by atoms with Crippen molar-refractivity contribution < 1.29 is 22.8 Å². The van der Waals surface area contributed by atoms with Crippen molar-refractivity contribution in [3.8, 4) is 0 Å². The van der Waals surface area contributed by atoms with Gasteiger partial charge < -0.3 is 10.6 Å². The van der Waals surface area contributed by atoms with Gasteiger partial charge in [0.05, 0.1) is 30.1 Å². The molecule has 2 aromatic rings. The quantitative estimate of drug-likeness (QED) is 0.545. The first kappa shape index (κ1) is 26.5. The summed E-state index contributed by atoms with van der Waals surface area (Å²) in [7, 11) is 0. The number of benzene rings is 2. The average molecular weight is 509 g/mol. The molecule has 2 N–H and O–H groups in total. The molecule has 0 aliphatic carbocycles. The van der Waals surface area contributed by atoms with E-state index in [1.54, 1.807) is 31.2 Å². The van der Waals surface area contributed by atoms with E-state index < -0.39 is 34.8 Å². The van der Waals surface area contributed by atoms with Crippen LogP contribution in [0, 0.1) is 5.92 Å². The monoisotopic (exact) mass is 508 g/mol. The molecule has 2 amide bonds. The minimum absolute atomic E-state index is 0.0926. The maximum absolute atomic E-state index is 13.7. The fourth-order valence-corrected chi connectivity index (χ4v) is 4.01. The first-order valence-electron chi connectivity index (χ1n) is 11.2. The van der Waals surface area contributed by atoms with Crippen molar-refractivity contribution in [1.82, 2.24) is 15.5 Å². The summed E-state index contributed by atoms with van der Waals surface area (Å²) in [5, 5.41) is 5.79. The lowest BCUT2D eigenvalue weighted by Gasteiger charge is -2.43. The Bertz CT molecular complexity index is 1120. The maximum Gasteiger partial charge on any atom is 0.417 e. The highest BCUT2D eigenvalue weighted by Gasteiger charge is 2.41. The Kier molecular flexibility index (Phi) is 7.79. The zero-order valence-corrected chi connectivity index (χ0v) is 20.7. The number of hydrogen-bond acceptors (Lipinski definition) is 3. The Labute approximate surface area is 207 Å². The molecule has 0 saturated carbocycles. The van der Waals surface area contributed by atoms with E-state index in [4.69, 9.17) is 11.8 Å². The molecule has 0 aromatic heterocycles. The summed E-state index contributed by atoms with van der Waals surface area (Å²) in [4.78, 5) is 27.1. The van der Waals surface area contributed by atoms with Gasteiger partial charge in [0.2, 0.25) is 11.9 Å². The van der Waals surface area contributed by atoms with Crippen LogP contribution in [0.3, 0.4) is 0 Å². The number of guanidine groups is 1. The number of rotatable bonds is 6. The van der Waals surface area contributed by atoms with Gasteiger partial charge in [-0.1, -0.05) is 50.2 Å². The van der Waals surface area contributed by atoms with Crippen LogP contribution >= 0.6 is 11.8 Å². The lowest BCUT2D eigenvalue weighted by molar-refractivity contribution is -0.138. The van der Waals surface area contributed by atoms with Crippen molar-refractivity contribution in [3.05, 3.63) is 70.8 Å². The number of amides is 2. The first-order valence-corrected chi connectivity index (χ1v) is 11.5. The van der Waals surface area contributed by atoms with Gasteiger partial charge in [-0.25, -0.2) is 0 Å². The van der Waals surface area contributed by atoms with E-state index in [1.165, 1.54) is 11.0 Å². The molecule has 0 radical (unpaired) electrons. The second kappa shape index (κ2) is 10.3. The van der Waals surface area contributed by atoms with Crippen molar-refractivity contribution in [2.24, 2.45) is 10.4 Å². The summed E-state index contributed by atoms with van der Waals surface area (Å²) in [6, 6.07) is 11.7. The fourth-order valence-electron chi connectivity index (χ4n) is 3.88. The van der Waals surface area contributed by atoms with Gasteiger partial charge in [0.1, 0.15) is 0 Å². The molecule has 10 heteroatoms. The lowest BCUT2D eigenvalue weighted by Crippen LogP contribution is -2.63. The van der Waals surface area contributed by atoms with Gasteiger partial charge in [-0.15, -0.1) is 4.51 Å². The highest BCUT2D eigenvalue weighted by Crippen LogP contribution is 2.34. The van der Waals surface area contributed by atoms with Gasteiger partial charge in [0.15, 0.2) is 0 Å². The molecule has 0 spiro atoms. The summed E-state index contributed by atoms with van der Waals surface area (Å²) in [5.74, 6) is -0.933. The first-order chi connectivity index (χ1) is 16.4. The topological polar surface area (TPSA) is 73.8 Å². The fraction of sp³-hybridized carbons (Fsp3) is 0.400. The Hall–Kier alpha value is -3.07. The van der Waals surface area contributed by atoms with E-state index in [-0.39, 0.29) is 30.8 Å². The molecule has 2 atom stereocenters. The summed E-state index contributed by atoms with van der Waals surface area (Å²) < 4.78 is 44.8. The standard InChI is InChI=1S/C25H28ClF3N4O2/c1-15(2)24(4)13-21(34)33(23(31-24)32-26)14-17-10-11-20(25(27,28)29)19(12-17)22(35)30-16(3)18-8-6-5-7-9-18/h5-12,15-16H,13-14H2,1-4H3,(H,30,35)(H,31,32)/t16-,24-/m0/s1. The van der Waals surface area contributed by atoms with Crippen molar-refractivity contribution in [3.63, 3.8) is 0 Å². The summed E-state index contributed by atoms with van der Waals surface area (Å²) in [6.45, 7) is 7.39. The van der Waals surface area contributed by atoms with E-state index in [0.717, 1.165) is 17.7 Å². The van der Waals surface area contributed by atoms with Crippen LogP contribution in [0.4, 0.5) is 13.2 Å². The van der Waals surface area contributed by atoms with Crippen molar-refractivity contribution in [1.29, 1.82) is 0 Å². The molecule has 35 heavy (non-hydrogen) atoms. The van der Waals surface area contributed by atoms with Gasteiger partial charge in [-0.3, -0.25) is 14.5 Å². The van der Waals surface area contributed by atoms with E-state index >= 15 is 0 Å². The van der Waals surface area contributed by atoms with E-state index in [9.17, 15) is 22.8 Å². The number of nitrogens with one attached hydrogen (secondary N) is 2. The molecule has 1 heterocycles. The van der Waals surface area contributed by atoms with Crippen LogP contribution < -0.4 is 10.6 Å². The van der Waals surface area contributed by atoms with Crippen LogP contribution in [0.1, 0.15) is 67.2 Å². The smallest absolute Gasteiger partial charge is 0.349 e. The summed E-state index contributed by atoms with van der Waals surface area (Å²) >= 11 is 5.74. The van der Waals surface area contributed by atoms with Gasteiger partial charge in [-0.2, -0.15) is 13.2 Å². The number of carbonyl (C=O) groups is 2. The zero-order valence-electron chi connectivity index (χ0n) is 19.9. The second-order valence-electron chi connectivity index (χ2n) is 9.25. The second-order valence-corrected chi connectivity index (χ2v) is 9.41. The van der Waals surface area contributed by atoms with Crippen LogP contribution in [0.25, 0.3) is 0 Å². The summed E-state index contributed by atoms with van der Waals surface area (Å²) in [6.07, 6.45) is -4.57. The minimum Gasteiger partial charge on any atom is -0.349 e. The van der Waals surface area contributed by atoms with Gasteiger partial charge >= 0.3 is 6.18 Å². The van der Waals surface area contributed by atoms with E-state index in [2.05, 4.69) is 15.1 Å². The number of nitrogens with zero attached hydrogens (tertiary/aromatic N) is 2. The molecule has 0 unspecified atom stereocenters. The third-order valence-corrected chi connectivity index (χ3v) is 6.61. The summed E-state index contributed by atoms with van der Waals surface area (Å²) in [5.41, 5.74) is -1.06. The van der Waals surface area contributed by atoms with E-state index in [1.807, 2.05) is 26.8 Å². The largest absolute Gasteiger partial charge is 0.417 e. The molecule has 1 saturated heterocycles. The molecule has 6 nitrogen and oxygen atoms in total. The van der Waals surface area contributed by atoms with E-state index in [0.29, 0.717) is 5.56 Å². The Morgan fingerprint density at radius 2 is 1.86 bits per heavy atom. The van der Waals surface area contributed by atoms with Crippen molar-refractivity contribution >= 4 is 29.6 Å². The predicted molar refractivity (Wildman–Crippen MR) is 129 cm³/mol. The Morgan fingerprint density at radius 3 is 2.43 bits per heavy atom. The lowest BCUT2D eigenvalue weighted by atomic mass is 9.83. The minimum atomic E-state index is -4.73. The highest BCUT2D eigenvalue weighted by molar-refractivity contribution is 6.21. The normalized spacial score (nSPS) is 20.7. The SMILES string of the molecule is CC(C)[C@]1(C)CC(=O)N(Cc2ccc(C(F)(F)F)c(C(=O)N[C@@H](C)c3ccccc3)c2)/C(=N\Cl)N1. The maximum atomic E-state index is 13.7. The molecule has 1 fully saturated rings. The molecule has 0 bridgehead atoms. The van der Waals surface area contributed by atoms with Gasteiger partial charge in [0.25, 0.3) is 5.91 Å². The van der Waals surface area contributed by atoms with Crippen molar-refractivity contribution in [2.45, 2.75) is 58.4 Å². The van der Waals surface area contributed by atoms with Crippen LogP contribution in [0.15, 0.2) is 53.0 Å². The Balaban J connectivity index is 1.90. The molecule has 188 valence electrons. The molecule has 2 aromatic carbocycles. The van der Waals surface area contributed by atoms with Crippen LogP contribution in [-0.4, -0.2) is 28.2 Å². The number of alkyl halides is 3. The zero-order chi connectivity index (χ0) is 26.0. The molecule has 1 aliphatic rings. The van der Waals surface area contributed by atoms with Crippen LogP contribution in [0.2, 0.25) is 0 Å². The van der Waals surface area contributed by atoms with Gasteiger partial charge in [-0.05, 0) is 43.0 Å². The van der Waals surface area contributed by atoms with Gasteiger partial charge in [0, 0.05) is 17.3 Å². The third-order valence-electron chi connectivity index (χ3n) is 6.45. The predicted octanol–water partition coefficient (Wildman–Crippen LogP) is 5.44. The number of carbonyl (C=O) groups excluding carboxylic acids is 2. The Morgan fingerprint density at radius 1 is 1.20 bits per heavy atom.